The molecular formula is C12H15NO2. The topological polar surface area (TPSA) is 63.3 Å². The van der Waals surface area contributed by atoms with Crippen molar-refractivity contribution in [1.29, 1.82) is 0 Å². The van der Waals surface area contributed by atoms with Crippen molar-refractivity contribution < 1.29 is 9.90 Å². The lowest BCUT2D eigenvalue weighted by Crippen LogP contribution is -2.00. The van der Waals surface area contributed by atoms with Crippen LogP contribution in [0.2, 0.25) is 0 Å². The second-order valence-corrected chi connectivity index (χ2v) is 3.70. The van der Waals surface area contributed by atoms with Crippen molar-refractivity contribution in [2.24, 2.45) is 0 Å². The van der Waals surface area contributed by atoms with Crippen LogP contribution in [0.25, 0.3) is 0 Å². The number of allylic oxidation sites excluding steroid dienone is 2. The minimum absolute atomic E-state index is 0.279. The van der Waals surface area contributed by atoms with Crippen LogP contribution in [0.1, 0.15) is 29.8 Å². The van der Waals surface area contributed by atoms with E-state index in [2.05, 4.69) is 0 Å². The molecule has 3 heteroatoms. The van der Waals surface area contributed by atoms with Gasteiger partial charge in [-0.05, 0) is 44.0 Å². The molecule has 15 heavy (non-hydrogen) atoms. The summed E-state index contributed by atoms with van der Waals surface area (Å²) in [6.07, 6.45) is 2.70. The molecule has 0 saturated heterocycles. The first kappa shape index (κ1) is 11.3. The molecule has 0 bridgehead atoms. The molecule has 0 fully saturated rings. The molecule has 1 rings (SSSR count). The second kappa shape index (κ2) is 4.64. The van der Waals surface area contributed by atoms with E-state index >= 15 is 0 Å². The van der Waals surface area contributed by atoms with Crippen molar-refractivity contribution >= 4 is 11.7 Å². The van der Waals surface area contributed by atoms with Gasteiger partial charge in [-0.25, -0.2) is 4.79 Å². The lowest BCUT2D eigenvalue weighted by Gasteiger charge is -2.04. The largest absolute Gasteiger partial charge is 0.478 e. The Kier molecular flexibility index (Phi) is 3.50. The van der Waals surface area contributed by atoms with Crippen molar-refractivity contribution in [3.05, 3.63) is 41.0 Å². The molecule has 0 aliphatic carbocycles. The fourth-order valence-electron chi connectivity index (χ4n) is 1.23. The number of rotatable bonds is 3. The summed E-state index contributed by atoms with van der Waals surface area (Å²) in [5.74, 6) is -0.923. The van der Waals surface area contributed by atoms with Crippen LogP contribution in [-0.4, -0.2) is 11.1 Å². The zero-order chi connectivity index (χ0) is 11.4. The molecule has 0 aromatic heterocycles. The van der Waals surface area contributed by atoms with Crippen LogP contribution >= 0.6 is 0 Å². The predicted octanol–water partition coefficient (Wildman–Crippen LogP) is 2.48. The summed E-state index contributed by atoms with van der Waals surface area (Å²) in [6.45, 7) is 3.99. The summed E-state index contributed by atoms with van der Waals surface area (Å²) in [5, 5.41) is 8.82. The van der Waals surface area contributed by atoms with Gasteiger partial charge >= 0.3 is 5.97 Å². The number of carbonyl (C=O) groups is 1. The molecule has 0 aliphatic rings. The third kappa shape index (κ3) is 3.13. The smallest absolute Gasteiger partial charge is 0.335 e. The van der Waals surface area contributed by atoms with E-state index in [1.165, 1.54) is 11.6 Å². The van der Waals surface area contributed by atoms with Crippen LogP contribution in [0, 0.1) is 0 Å². The van der Waals surface area contributed by atoms with Crippen molar-refractivity contribution in [3.8, 4) is 0 Å². The van der Waals surface area contributed by atoms with Gasteiger partial charge in [-0.15, -0.1) is 0 Å². The highest BCUT2D eigenvalue weighted by molar-refractivity contribution is 5.88. The average Bonchev–Trinajstić information content (AvgIpc) is 2.16. The maximum Gasteiger partial charge on any atom is 0.335 e. The van der Waals surface area contributed by atoms with Gasteiger partial charge in [0.2, 0.25) is 0 Å². The Morgan fingerprint density at radius 2 is 2.13 bits per heavy atom. The van der Waals surface area contributed by atoms with E-state index in [-0.39, 0.29) is 5.56 Å². The first-order valence-corrected chi connectivity index (χ1v) is 4.75. The number of carboxylic acids is 1. The van der Waals surface area contributed by atoms with Crippen molar-refractivity contribution in [1.82, 2.24) is 0 Å². The monoisotopic (exact) mass is 205 g/mol. The van der Waals surface area contributed by atoms with Gasteiger partial charge in [0.25, 0.3) is 0 Å². The Morgan fingerprint density at radius 1 is 1.47 bits per heavy atom. The van der Waals surface area contributed by atoms with Gasteiger partial charge in [0.1, 0.15) is 0 Å². The van der Waals surface area contributed by atoms with Crippen LogP contribution in [0.3, 0.4) is 0 Å². The fourth-order valence-corrected chi connectivity index (χ4v) is 1.23. The zero-order valence-corrected chi connectivity index (χ0v) is 8.95. The van der Waals surface area contributed by atoms with Crippen LogP contribution in [-0.2, 0) is 6.42 Å². The average molecular weight is 205 g/mol. The summed E-state index contributed by atoms with van der Waals surface area (Å²) < 4.78 is 0. The number of nitrogen functional groups attached to an aromatic ring is 1. The molecule has 0 atom stereocenters. The van der Waals surface area contributed by atoms with Gasteiger partial charge in [0.15, 0.2) is 0 Å². The Balaban J connectivity index is 3.00. The first-order chi connectivity index (χ1) is 7.00. The highest BCUT2D eigenvalue weighted by Crippen LogP contribution is 2.16. The summed E-state index contributed by atoms with van der Waals surface area (Å²) in [5.41, 5.74) is 8.72. The molecule has 3 nitrogen and oxygen atoms in total. The molecule has 0 aliphatic heterocycles. The molecule has 0 unspecified atom stereocenters. The Labute approximate surface area is 89.2 Å². The van der Waals surface area contributed by atoms with E-state index < -0.39 is 5.97 Å². The van der Waals surface area contributed by atoms with Crippen molar-refractivity contribution in [3.63, 3.8) is 0 Å². The van der Waals surface area contributed by atoms with E-state index in [0.717, 1.165) is 5.56 Å². The van der Waals surface area contributed by atoms with Crippen LogP contribution in [0.15, 0.2) is 29.8 Å². The van der Waals surface area contributed by atoms with Gasteiger partial charge in [-0.1, -0.05) is 11.6 Å². The van der Waals surface area contributed by atoms with E-state index in [9.17, 15) is 4.79 Å². The van der Waals surface area contributed by atoms with E-state index in [1.54, 1.807) is 12.1 Å². The molecule has 0 saturated carbocycles. The number of aromatic carboxylic acids is 1. The van der Waals surface area contributed by atoms with Crippen LogP contribution in [0.5, 0.6) is 0 Å². The number of hydrogen-bond donors (Lipinski definition) is 2. The molecule has 0 heterocycles. The van der Waals surface area contributed by atoms with E-state index in [4.69, 9.17) is 10.8 Å². The Hall–Kier alpha value is -1.77. The molecule has 0 spiro atoms. The maximum absolute atomic E-state index is 10.7. The highest BCUT2D eigenvalue weighted by atomic mass is 16.4. The minimum atomic E-state index is -0.923. The summed E-state index contributed by atoms with van der Waals surface area (Å²) in [7, 11) is 0. The molecule has 1 aromatic rings. The summed E-state index contributed by atoms with van der Waals surface area (Å²) >= 11 is 0. The van der Waals surface area contributed by atoms with Gasteiger partial charge in [-0.3, -0.25) is 0 Å². The molecular weight excluding hydrogens is 190 g/mol. The predicted molar refractivity (Wildman–Crippen MR) is 60.9 cm³/mol. The Bertz CT molecular complexity index is 404. The van der Waals surface area contributed by atoms with Crippen LogP contribution < -0.4 is 5.73 Å². The summed E-state index contributed by atoms with van der Waals surface area (Å²) in [6, 6.07) is 4.78. The first-order valence-electron chi connectivity index (χ1n) is 4.75. The van der Waals surface area contributed by atoms with Gasteiger partial charge in [-0.2, -0.15) is 0 Å². The maximum atomic E-state index is 10.7. The normalized spacial score (nSPS) is 9.73. The minimum Gasteiger partial charge on any atom is -0.478 e. The Morgan fingerprint density at radius 3 is 2.67 bits per heavy atom. The second-order valence-electron chi connectivity index (χ2n) is 3.70. The zero-order valence-electron chi connectivity index (χ0n) is 8.95. The number of hydrogen-bond acceptors (Lipinski definition) is 2. The number of nitrogens with two attached hydrogens (primary N) is 1. The quantitative estimate of drug-likeness (QED) is 0.588. The number of carboxylic acid groups (broad SMARTS) is 1. The fraction of sp³-hybridized carbons (Fsp3) is 0.250. The van der Waals surface area contributed by atoms with Gasteiger partial charge < -0.3 is 10.8 Å². The van der Waals surface area contributed by atoms with Gasteiger partial charge in [0.05, 0.1) is 5.56 Å². The lowest BCUT2D eigenvalue weighted by molar-refractivity contribution is 0.0697. The molecule has 3 N–H and O–H groups in total. The number of benzene rings is 1. The third-order valence-corrected chi connectivity index (χ3v) is 2.12. The lowest BCUT2D eigenvalue weighted by atomic mass is 10.0. The third-order valence-electron chi connectivity index (χ3n) is 2.12. The SMILES string of the molecule is CC(C)=CCc1cc(C(=O)O)ccc1N. The van der Waals surface area contributed by atoms with Crippen LogP contribution in [0.4, 0.5) is 5.69 Å². The van der Waals surface area contributed by atoms with E-state index in [0.29, 0.717) is 12.1 Å². The number of anilines is 1. The highest BCUT2D eigenvalue weighted by Gasteiger charge is 2.05. The summed E-state index contributed by atoms with van der Waals surface area (Å²) in [4.78, 5) is 10.7. The van der Waals surface area contributed by atoms with Crippen molar-refractivity contribution in [2.75, 3.05) is 5.73 Å². The van der Waals surface area contributed by atoms with Gasteiger partial charge in [0, 0.05) is 5.69 Å². The molecule has 0 amide bonds. The molecule has 80 valence electrons. The standard InChI is InChI=1S/C12H15NO2/c1-8(2)3-4-9-7-10(12(14)15)5-6-11(9)13/h3,5-7H,4,13H2,1-2H3,(H,14,15). The van der Waals surface area contributed by atoms with E-state index in [1.807, 2.05) is 19.9 Å². The van der Waals surface area contributed by atoms with Crippen molar-refractivity contribution in [2.45, 2.75) is 20.3 Å². The molecule has 0 radical (unpaired) electrons. The molecule has 1 aromatic carbocycles.